The smallest absolute Gasteiger partial charge is 0.147 e. The van der Waals surface area contributed by atoms with E-state index >= 15 is 0 Å². The van der Waals surface area contributed by atoms with Crippen LogP contribution in [0.4, 0.5) is 0 Å². The van der Waals surface area contributed by atoms with Gasteiger partial charge >= 0.3 is 109 Å². The largest absolute Gasteiger partial charge is 0.147 e. The van der Waals surface area contributed by atoms with Crippen LogP contribution < -0.4 is 0 Å². The molecule has 5 heteroatoms. The zero-order valence-electron chi connectivity index (χ0n) is 12.4. The Morgan fingerprint density at radius 3 is 1.53 bits per heavy atom. The molecule has 2 aliphatic rings. The maximum absolute atomic E-state index is 2.85. The third-order valence-electron chi connectivity index (χ3n) is 5.31. The van der Waals surface area contributed by atoms with Gasteiger partial charge in [-0.15, -0.1) is 24.8 Å². The van der Waals surface area contributed by atoms with E-state index in [0.717, 1.165) is 0 Å². The van der Waals surface area contributed by atoms with E-state index in [0.29, 0.717) is 0 Å². The molecule has 0 nitrogen and oxygen atoms in total. The molecule has 0 atom stereocenters. The predicted octanol–water partition coefficient (Wildman–Crippen LogP) is 4.64. The molecule has 0 aromatic heterocycles. The molecule has 0 aromatic carbocycles. The zero-order valence-corrected chi connectivity index (χ0v) is 18.9. The van der Waals surface area contributed by atoms with Gasteiger partial charge < -0.3 is 0 Å². The molecule has 0 aliphatic heterocycles. The minimum atomic E-state index is -2.85. The number of allylic oxidation sites excluding steroid dienone is 8. The van der Waals surface area contributed by atoms with Crippen LogP contribution in [-0.2, 0) is 16.6 Å². The van der Waals surface area contributed by atoms with E-state index in [1.165, 1.54) is 12.8 Å². The summed E-state index contributed by atoms with van der Waals surface area (Å²) in [5.41, 5.74) is 0. The topological polar surface area (TPSA) is 0 Å². The van der Waals surface area contributed by atoms with Gasteiger partial charge in [-0.2, -0.15) is 0 Å². The fourth-order valence-corrected chi connectivity index (χ4v) is 31.5. The second-order valence-electron chi connectivity index (χ2n) is 6.91. The van der Waals surface area contributed by atoms with Crippen LogP contribution in [0, 0.1) is 0 Å². The predicted molar refractivity (Wildman–Crippen MR) is 95.9 cm³/mol. The fraction of sp³-hybridized carbons (Fsp3) is 0.429. The summed E-state index contributed by atoms with van der Waals surface area (Å²) >= 11 is -2.85. The van der Waals surface area contributed by atoms with Gasteiger partial charge in [0.25, 0.3) is 0 Å². The van der Waals surface area contributed by atoms with Crippen molar-refractivity contribution in [2.45, 2.75) is 37.1 Å². The molecule has 0 radical (unpaired) electrons. The van der Waals surface area contributed by atoms with Gasteiger partial charge in [-0.05, 0) is 0 Å². The molecule has 0 saturated heterocycles. The first-order chi connectivity index (χ1) is 7.77. The number of hydrogen-bond donors (Lipinski definition) is 0. The van der Waals surface area contributed by atoms with Crippen molar-refractivity contribution in [3.8, 4) is 0 Å². The second kappa shape index (κ2) is 6.32. The van der Waals surface area contributed by atoms with Crippen molar-refractivity contribution in [2.75, 3.05) is 0 Å². The molecule has 2 aliphatic carbocycles. The maximum atomic E-state index is 2.71. The van der Waals surface area contributed by atoms with Crippen LogP contribution in [0.5, 0.6) is 0 Å². The summed E-state index contributed by atoms with van der Waals surface area (Å²) < 4.78 is 6.38. The SMILES string of the molecule is C[Si](C)(C)[Zr]([CH3])(=[SiH2])([C]1=CC=CC1)[C]1=CC=CC1.Cl.Cl. The van der Waals surface area contributed by atoms with Crippen molar-refractivity contribution in [1.29, 1.82) is 0 Å². The van der Waals surface area contributed by atoms with Crippen LogP contribution in [0.1, 0.15) is 12.8 Å². The molecule has 0 unspecified atom stereocenters. The zero-order chi connectivity index (χ0) is 12.8. The Hall–Kier alpha value is 0.857. The molecule has 0 fully saturated rings. The van der Waals surface area contributed by atoms with Gasteiger partial charge in [0, 0.05) is 0 Å². The van der Waals surface area contributed by atoms with E-state index < -0.39 is 21.8 Å². The third-order valence-corrected chi connectivity index (χ3v) is 77.7. The monoisotopic (exact) mass is 410 g/mol. The maximum Gasteiger partial charge on any atom is -0.147 e. The first kappa shape index (κ1) is 19.9. The average molecular weight is 413 g/mol. The van der Waals surface area contributed by atoms with Crippen molar-refractivity contribution < 1.29 is 16.6 Å². The number of hydrogen-bond acceptors (Lipinski definition) is 0. The van der Waals surface area contributed by atoms with Crippen molar-refractivity contribution in [3.63, 3.8) is 0 Å². The molecule has 0 spiro atoms. The summed E-state index contributed by atoms with van der Waals surface area (Å²) in [6.45, 7) is 10.2. The molecule has 19 heavy (non-hydrogen) atoms. The first-order valence-electron chi connectivity index (χ1n) is 6.54. The molecular formula is C14H26Cl2Si2Zr. The Balaban J connectivity index is 0.00000162. The minimum Gasteiger partial charge on any atom is -0.147 e. The Morgan fingerprint density at radius 1 is 0.947 bits per heavy atom. The number of halogens is 2. The van der Waals surface area contributed by atoms with Crippen LogP contribution in [0.15, 0.2) is 43.0 Å². The van der Waals surface area contributed by atoms with Crippen molar-refractivity contribution in [1.82, 2.24) is 0 Å². The van der Waals surface area contributed by atoms with Crippen molar-refractivity contribution in [2.24, 2.45) is 0 Å². The third kappa shape index (κ3) is 2.92. The van der Waals surface area contributed by atoms with Gasteiger partial charge in [-0.1, -0.05) is 0 Å². The van der Waals surface area contributed by atoms with Gasteiger partial charge in [0.2, 0.25) is 0 Å². The summed E-state index contributed by atoms with van der Waals surface area (Å²) in [4.78, 5) is 0. The summed E-state index contributed by atoms with van der Waals surface area (Å²) in [7, 11) is 0. The molecule has 0 N–H and O–H groups in total. The van der Waals surface area contributed by atoms with Gasteiger partial charge in [0.05, 0.1) is 0 Å². The Labute approximate surface area is 132 Å². The summed E-state index contributed by atoms with van der Waals surface area (Å²) in [5.74, 6) is 0. The minimum absolute atomic E-state index is 0. The van der Waals surface area contributed by atoms with Crippen LogP contribution in [0.3, 0.4) is 0 Å². The van der Waals surface area contributed by atoms with Crippen LogP contribution in [-0.4, -0.2) is 12.1 Å². The van der Waals surface area contributed by atoms with E-state index in [1.54, 1.807) is 0 Å². The first-order valence-corrected chi connectivity index (χ1v) is 24.6. The molecule has 0 saturated carbocycles. The summed E-state index contributed by atoms with van der Waals surface area (Å²) in [5, 5.41) is -1.16. The van der Waals surface area contributed by atoms with E-state index in [1.807, 2.05) is 6.56 Å². The Kier molecular flexibility index (Phi) is 6.60. The molecule has 0 amide bonds. The molecule has 0 heterocycles. The molecule has 2 rings (SSSR count). The van der Waals surface area contributed by atoms with Gasteiger partial charge in [0.15, 0.2) is 0 Å². The normalized spacial score (nSPS) is 18.6. The molecular weight excluding hydrogens is 386 g/mol. The fourth-order valence-electron chi connectivity index (χ4n) is 3.07. The Morgan fingerprint density at radius 2 is 1.32 bits per heavy atom. The van der Waals surface area contributed by atoms with E-state index in [9.17, 15) is 0 Å². The van der Waals surface area contributed by atoms with Crippen LogP contribution in [0.2, 0.25) is 24.3 Å². The van der Waals surface area contributed by atoms with Gasteiger partial charge in [-0.25, -0.2) is 0 Å². The Bertz CT molecular complexity index is 500. The molecule has 0 bridgehead atoms. The van der Waals surface area contributed by atoms with Crippen molar-refractivity contribution in [3.05, 3.63) is 43.0 Å². The molecule has 108 valence electrons. The average Bonchev–Trinajstić information content (AvgIpc) is 2.91. The van der Waals surface area contributed by atoms with E-state index in [2.05, 4.69) is 67.6 Å². The van der Waals surface area contributed by atoms with Crippen molar-refractivity contribution >= 4 is 36.9 Å². The van der Waals surface area contributed by atoms with Gasteiger partial charge in [0.1, 0.15) is 0 Å². The quantitative estimate of drug-likeness (QED) is 0.593. The van der Waals surface area contributed by atoms with Crippen LogP contribution in [0.25, 0.3) is 0 Å². The summed E-state index contributed by atoms with van der Waals surface area (Å²) in [6.07, 6.45) is 16.6. The van der Waals surface area contributed by atoms with E-state index in [4.69, 9.17) is 0 Å². The summed E-state index contributed by atoms with van der Waals surface area (Å²) in [6, 6.07) is 0. The van der Waals surface area contributed by atoms with Crippen LogP contribution >= 0.6 is 24.8 Å². The molecule has 0 aromatic rings. The van der Waals surface area contributed by atoms with E-state index in [-0.39, 0.29) is 24.8 Å². The second-order valence-corrected chi connectivity index (χ2v) is 58.2. The van der Waals surface area contributed by atoms with Gasteiger partial charge in [-0.3, -0.25) is 0 Å². The standard InChI is InChI=1S/2C5H5.C3H9Si.CH3.2ClH.H2Si.Zr/c2*1-2-4-5-3-1;1-4(2)3;;;;;/h2*1-3H,4H2;1-3H3;1H3;2*1H;1H2;. The number of rotatable bonds is 3.